The van der Waals surface area contributed by atoms with Crippen LogP contribution in [0.15, 0.2) is 48.6 Å². The average Bonchev–Trinajstić information content (AvgIpc) is 3.10. The van der Waals surface area contributed by atoms with Crippen molar-refractivity contribution >= 4 is 17.8 Å². The van der Waals surface area contributed by atoms with Gasteiger partial charge in [-0.1, -0.05) is 120 Å². The van der Waals surface area contributed by atoms with Crippen molar-refractivity contribution in [1.82, 2.24) is 5.32 Å². The van der Waals surface area contributed by atoms with E-state index in [0.717, 1.165) is 96.3 Å². The van der Waals surface area contributed by atoms with E-state index in [1.165, 1.54) is 51.4 Å². The number of esters is 1. The van der Waals surface area contributed by atoms with Gasteiger partial charge in [-0.05, 0) is 109 Å². The van der Waals surface area contributed by atoms with Crippen LogP contribution in [0.5, 0.6) is 0 Å². The molecule has 2 unspecified atom stereocenters. The normalized spacial score (nSPS) is 13.2. The first-order chi connectivity index (χ1) is 24.4. The number of ether oxygens (including phenoxy) is 1. The Hall–Kier alpha value is -2.67. The van der Waals surface area contributed by atoms with Crippen LogP contribution < -0.4 is 11.1 Å². The zero-order chi connectivity index (χ0) is 36.8. The quantitative estimate of drug-likeness (QED) is 0.0340. The molecule has 4 N–H and O–H groups in total. The Bertz CT molecular complexity index is 926. The smallest absolute Gasteiger partial charge is 0.326 e. The van der Waals surface area contributed by atoms with Gasteiger partial charge in [-0.25, -0.2) is 4.79 Å². The zero-order valence-corrected chi connectivity index (χ0v) is 32.2. The Morgan fingerprint density at radius 2 is 1.10 bits per heavy atom. The van der Waals surface area contributed by atoms with Gasteiger partial charge >= 0.3 is 11.9 Å². The minimum Gasteiger partial charge on any atom is -0.480 e. The van der Waals surface area contributed by atoms with Gasteiger partial charge in [0.05, 0.1) is 0 Å². The van der Waals surface area contributed by atoms with Crippen LogP contribution in [-0.2, 0) is 19.1 Å². The fourth-order valence-corrected chi connectivity index (χ4v) is 5.76. The first kappa shape index (κ1) is 47.3. The van der Waals surface area contributed by atoms with Gasteiger partial charge in [0.15, 0.2) is 0 Å². The van der Waals surface area contributed by atoms with E-state index in [2.05, 4.69) is 67.8 Å². The highest BCUT2D eigenvalue weighted by atomic mass is 16.5. The minimum atomic E-state index is -1.01. The molecule has 0 saturated heterocycles. The number of carbonyl (C=O) groups excluding carboxylic acids is 2. The lowest BCUT2D eigenvalue weighted by molar-refractivity contribution is -0.150. The van der Waals surface area contributed by atoms with Crippen LogP contribution in [0.25, 0.3) is 0 Å². The van der Waals surface area contributed by atoms with Gasteiger partial charge in [0.1, 0.15) is 12.1 Å². The summed E-state index contributed by atoms with van der Waals surface area (Å²) in [4.78, 5) is 36.3. The maximum atomic E-state index is 12.7. The molecule has 7 heteroatoms. The summed E-state index contributed by atoms with van der Waals surface area (Å²) in [5.41, 5.74) is 5.47. The molecule has 0 aromatic carbocycles. The van der Waals surface area contributed by atoms with Crippen molar-refractivity contribution in [2.75, 3.05) is 6.54 Å². The molecule has 0 aromatic heterocycles. The lowest BCUT2D eigenvalue weighted by atomic mass is 10.0. The molecule has 0 rings (SSSR count). The molecule has 0 aliphatic rings. The maximum Gasteiger partial charge on any atom is 0.326 e. The van der Waals surface area contributed by atoms with Crippen LogP contribution in [0.4, 0.5) is 0 Å². The van der Waals surface area contributed by atoms with E-state index >= 15 is 0 Å². The molecule has 50 heavy (non-hydrogen) atoms. The molecule has 2 atom stereocenters. The Morgan fingerprint density at radius 3 is 1.70 bits per heavy atom. The Morgan fingerprint density at radius 1 is 0.580 bits per heavy atom. The van der Waals surface area contributed by atoms with E-state index in [1.807, 2.05) is 0 Å². The Balaban J connectivity index is 4.42. The summed E-state index contributed by atoms with van der Waals surface area (Å²) in [5.74, 6) is -1.28. The number of aliphatic carboxylic acids is 1. The Kier molecular flexibility index (Phi) is 35.6. The second-order valence-electron chi connectivity index (χ2n) is 13.7. The van der Waals surface area contributed by atoms with Gasteiger partial charge in [0.25, 0.3) is 0 Å². The predicted molar refractivity (Wildman–Crippen MR) is 211 cm³/mol. The predicted octanol–water partition coefficient (Wildman–Crippen LogP) is 11.2. The third-order valence-corrected chi connectivity index (χ3v) is 8.85. The fraction of sp³-hybridized carbons (Fsp3) is 0.744. The van der Waals surface area contributed by atoms with E-state index in [4.69, 9.17) is 10.5 Å². The molecule has 0 aliphatic carbocycles. The van der Waals surface area contributed by atoms with Gasteiger partial charge in [0, 0.05) is 12.8 Å². The van der Waals surface area contributed by atoms with E-state index in [1.54, 1.807) is 0 Å². The topological polar surface area (TPSA) is 119 Å². The SMILES string of the molecule is CCC/C=C\C/C=C\CCCCCCCC(=O)OC(CCC/C=C\C/C=C\CCCCC)CCCCCCCC(=O)NC(CCCN)C(=O)O. The molecule has 0 radical (unpaired) electrons. The zero-order valence-electron chi connectivity index (χ0n) is 32.2. The summed E-state index contributed by atoms with van der Waals surface area (Å²) in [6.07, 6.45) is 44.3. The second kappa shape index (κ2) is 37.6. The summed E-state index contributed by atoms with van der Waals surface area (Å²) in [6, 6.07) is -0.862. The highest BCUT2D eigenvalue weighted by molar-refractivity contribution is 5.83. The number of nitrogens with two attached hydrogens (primary N) is 1. The molecule has 1 amide bonds. The van der Waals surface area contributed by atoms with Crippen molar-refractivity contribution in [1.29, 1.82) is 0 Å². The summed E-state index contributed by atoms with van der Waals surface area (Å²) in [5, 5.41) is 11.9. The van der Waals surface area contributed by atoms with Gasteiger partial charge in [-0.15, -0.1) is 0 Å². The van der Waals surface area contributed by atoms with Crippen LogP contribution in [0, 0.1) is 0 Å². The molecule has 0 heterocycles. The monoisotopic (exact) mass is 701 g/mol. The third kappa shape index (κ3) is 33.8. The molecular weight excluding hydrogens is 624 g/mol. The fourth-order valence-electron chi connectivity index (χ4n) is 5.76. The average molecular weight is 701 g/mol. The highest BCUT2D eigenvalue weighted by Crippen LogP contribution is 2.17. The number of amides is 1. The van der Waals surface area contributed by atoms with Crippen LogP contribution >= 0.6 is 0 Å². The molecule has 0 saturated carbocycles. The first-order valence-electron chi connectivity index (χ1n) is 20.5. The third-order valence-electron chi connectivity index (χ3n) is 8.85. The maximum absolute atomic E-state index is 12.7. The summed E-state index contributed by atoms with van der Waals surface area (Å²) in [7, 11) is 0. The van der Waals surface area contributed by atoms with Crippen molar-refractivity contribution in [3.8, 4) is 0 Å². The Labute approximate surface area is 307 Å². The lowest BCUT2D eigenvalue weighted by Crippen LogP contribution is -2.40. The van der Waals surface area contributed by atoms with Crippen LogP contribution in [0.1, 0.15) is 187 Å². The number of unbranched alkanes of at least 4 members (excludes halogenated alkanes) is 14. The second-order valence-corrected chi connectivity index (χ2v) is 13.7. The molecule has 7 nitrogen and oxygen atoms in total. The summed E-state index contributed by atoms with van der Waals surface area (Å²) in [6.45, 7) is 4.84. The van der Waals surface area contributed by atoms with Crippen molar-refractivity contribution in [2.45, 2.75) is 199 Å². The molecule has 0 aliphatic heterocycles. The van der Waals surface area contributed by atoms with Crippen LogP contribution in [0.3, 0.4) is 0 Å². The van der Waals surface area contributed by atoms with E-state index < -0.39 is 12.0 Å². The van der Waals surface area contributed by atoms with Crippen molar-refractivity contribution < 1.29 is 24.2 Å². The number of hydrogen-bond acceptors (Lipinski definition) is 5. The van der Waals surface area contributed by atoms with E-state index in [9.17, 15) is 19.5 Å². The summed E-state index contributed by atoms with van der Waals surface area (Å²) < 4.78 is 6.00. The number of carboxylic acid groups (broad SMARTS) is 1. The van der Waals surface area contributed by atoms with Gasteiger partial charge < -0.3 is 20.9 Å². The van der Waals surface area contributed by atoms with Gasteiger partial charge in [0.2, 0.25) is 5.91 Å². The highest BCUT2D eigenvalue weighted by Gasteiger charge is 2.19. The molecule has 0 bridgehead atoms. The van der Waals surface area contributed by atoms with Gasteiger partial charge in [-0.2, -0.15) is 0 Å². The lowest BCUT2D eigenvalue weighted by Gasteiger charge is -2.18. The molecule has 0 aromatic rings. The number of nitrogens with one attached hydrogen (secondary N) is 1. The van der Waals surface area contributed by atoms with Crippen LogP contribution in [-0.4, -0.2) is 41.6 Å². The number of rotatable bonds is 36. The summed E-state index contributed by atoms with van der Waals surface area (Å²) >= 11 is 0. The molecule has 288 valence electrons. The minimum absolute atomic E-state index is 0.0368. The largest absolute Gasteiger partial charge is 0.480 e. The van der Waals surface area contributed by atoms with E-state index in [-0.39, 0.29) is 18.0 Å². The number of hydrogen-bond donors (Lipinski definition) is 3. The molecule has 0 spiro atoms. The molecule has 0 fully saturated rings. The standard InChI is InChI=1S/C43H76N2O5/c1-3-5-7-9-11-13-15-16-18-20-22-27-31-37-42(47)50-39(33-28-24-21-19-17-14-12-10-8-6-4-2)34-29-25-23-26-30-36-41(46)45-40(43(48)49)35-32-38-44/h7,9,12-15,19,21,39-40H,3-6,8,10-11,16-18,20,22-38,44H2,1-2H3,(H,45,46)(H,48,49)/b9-7-,14-12-,15-13-,21-19-. The number of carboxylic acids is 1. The van der Waals surface area contributed by atoms with Crippen molar-refractivity contribution in [3.05, 3.63) is 48.6 Å². The van der Waals surface area contributed by atoms with Crippen molar-refractivity contribution in [3.63, 3.8) is 0 Å². The van der Waals surface area contributed by atoms with Gasteiger partial charge in [-0.3, -0.25) is 9.59 Å². The number of allylic oxidation sites excluding steroid dienone is 8. The first-order valence-corrected chi connectivity index (χ1v) is 20.5. The van der Waals surface area contributed by atoms with Crippen LogP contribution in [0.2, 0.25) is 0 Å². The number of carbonyl (C=O) groups is 3. The van der Waals surface area contributed by atoms with Crippen molar-refractivity contribution in [2.24, 2.45) is 5.73 Å². The molecular formula is C43H76N2O5. The van der Waals surface area contributed by atoms with E-state index in [0.29, 0.717) is 32.2 Å².